The second-order valence-electron chi connectivity index (χ2n) is 12.1. The predicted octanol–water partition coefficient (Wildman–Crippen LogP) is 11.7. The van der Waals surface area contributed by atoms with Crippen molar-refractivity contribution in [2.24, 2.45) is 0 Å². The van der Waals surface area contributed by atoms with Crippen LogP contribution in [0.2, 0.25) is 0 Å². The molecule has 0 aliphatic carbocycles. The minimum Gasteiger partial charge on any atom is -0.264 e. The van der Waals surface area contributed by atoms with Crippen molar-refractivity contribution in [1.82, 2.24) is 15.0 Å². The lowest BCUT2D eigenvalue weighted by atomic mass is 9.93. The Morgan fingerprint density at radius 3 is 1.69 bits per heavy atom. The Morgan fingerprint density at radius 2 is 0.979 bits per heavy atom. The smallest absolute Gasteiger partial charge is 0.160 e. The highest BCUT2D eigenvalue weighted by Gasteiger charge is 2.13. The summed E-state index contributed by atoms with van der Waals surface area (Å²) in [6, 6.07) is 57.9. The lowest BCUT2D eigenvalue weighted by Gasteiger charge is -2.12. The molecular formula is C45H29N3. The monoisotopic (exact) mass is 611 g/mol. The molecule has 0 N–H and O–H groups in total. The molecule has 0 saturated heterocycles. The van der Waals surface area contributed by atoms with Gasteiger partial charge in [-0.25, -0.2) is 9.97 Å². The zero-order chi connectivity index (χ0) is 31.9. The van der Waals surface area contributed by atoms with Crippen LogP contribution in [0.4, 0.5) is 0 Å². The van der Waals surface area contributed by atoms with Gasteiger partial charge in [0.2, 0.25) is 0 Å². The molecule has 0 amide bonds. The Bertz CT molecular complexity index is 2580. The number of hydrogen-bond acceptors (Lipinski definition) is 3. The van der Waals surface area contributed by atoms with Gasteiger partial charge in [0.15, 0.2) is 5.82 Å². The Labute approximate surface area is 278 Å². The summed E-state index contributed by atoms with van der Waals surface area (Å²) >= 11 is 0. The van der Waals surface area contributed by atoms with Crippen molar-refractivity contribution in [3.05, 3.63) is 176 Å². The van der Waals surface area contributed by atoms with E-state index >= 15 is 0 Å². The van der Waals surface area contributed by atoms with Crippen molar-refractivity contribution >= 4 is 32.3 Å². The zero-order valence-corrected chi connectivity index (χ0v) is 26.1. The molecule has 0 saturated carbocycles. The number of hydrogen-bond donors (Lipinski definition) is 0. The third kappa shape index (κ3) is 5.08. The summed E-state index contributed by atoms with van der Waals surface area (Å²) < 4.78 is 0. The van der Waals surface area contributed by atoms with Crippen LogP contribution in [0.5, 0.6) is 0 Å². The molecule has 0 bridgehead atoms. The van der Waals surface area contributed by atoms with E-state index < -0.39 is 0 Å². The van der Waals surface area contributed by atoms with Gasteiger partial charge < -0.3 is 0 Å². The third-order valence-electron chi connectivity index (χ3n) is 9.17. The van der Waals surface area contributed by atoms with E-state index in [0.717, 1.165) is 39.2 Å². The molecule has 0 unspecified atom stereocenters. The van der Waals surface area contributed by atoms with Crippen molar-refractivity contribution in [3.63, 3.8) is 0 Å². The second-order valence-corrected chi connectivity index (χ2v) is 12.1. The van der Waals surface area contributed by atoms with Gasteiger partial charge in [0.1, 0.15) is 0 Å². The highest BCUT2D eigenvalue weighted by Crippen LogP contribution is 2.36. The molecule has 2 aromatic heterocycles. The molecule has 0 atom stereocenters. The molecule has 9 aromatic rings. The highest BCUT2D eigenvalue weighted by atomic mass is 14.9. The van der Waals surface area contributed by atoms with Crippen molar-refractivity contribution in [1.29, 1.82) is 0 Å². The molecule has 0 spiro atoms. The van der Waals surface area contributed by atoms with E-state index in [9.17, 15) is 0 Å². The maximum atomic E-state index is 5.06. The first kappa shape index (κ1) is 27.8. The van der Waals surface area contributed by atoms with Crippen molar-refractivity contribution in [2.75, 3.05) is 0 Å². The molecule has 0 aliphatic heterocycles. The average Bonchev–Trinajstić information content (AvgIpc) is 3.17. The molecule has 0 radical (unpaired) electrons. The van der Waals surface area contributed by atoms with Crippen LogP contribution < -0.4 is 0 Å². The number of aromatic nitrogens is 3. The van der Waals surface area contributed by atoms with Crippen LogP contribution in [0.1, 0.15) is 0 Å². The largest absolute Gasteiger partial charge is 0.264 e. The maximum Gasteiger partial charge on any atom is 0.160 e. The molecule has 3 heteroatoms. The predicted molar refractivity (Wildman–Crippen MR) is 200 cm³/mol. The van der Waals surface area contributed by atoms with Crippen molar-refractivity contribution in [3.8, 4) is 56.2 Å². The van der Waals surface area contributed by atoms with E-state index in [-0.39, 0.29) is 0 Å². The summed E-state index contributed by atoms with van der Waals surface area (Å²) in [5.41, 5.74) is 9.44. The lowest BCUT2D eigenvalue weighted by molar-refractivity contribution is 1.18. The fourth-order valence-electron chi connectivity index (χ4n) is 6.68. The van der Waals surface area contributed by atoms with E-state index in [1.54, 1.807) is 6.20 Å². The molecular weight excluding hydrogens is 583 g/mol. The third-order valence-corrected chi connectivity index (χ3v) is 9.17. The van der Waals surface area contributed by atoms with Gasteiger partial charge in [0.05, 0.1) is 11.4 Å². The molecule has 224 valence electrons. The minimum absolute atomic E-state index is 0.706. The molecule has 9 rings (SSSR count). The van der Waals surface area contributed by atoms with Gasteiger partial charge in [0, 0.05) is 29.1 Å². The first-order valence-electron chi connectivity index (χ1n) is 16.2. The number of pyridine rings is 1. The van der Waals surface area contributed by atoms with Crippen LogP contribution in [0.25, 0.3) is 88.5 Å². The molecule has 7 aromatic carbocycles. The van der Waals surface area contributed by atoms with E-state index in [1.165, 1.54) is 43.4 Å². The first-order valence-corrected chi connectivity index (χ1v) is 16.2. The standard InChI is InChI=1S/C45H29N3/c1-2-8-34(9-3-1)45-47-43(32-19-15-30(16-20-32)38-12-7-25-46-29-38)28-44(48-45)33-21-17-31(18-22-33)39-13-6-14-40-41(39)24-23-37-26-35-10-4-5-11-36(35)27-42(37)40/h1-29H. The molecule has 0 fully saturated rings. The van der Waals surface area contributed by atoms with E-state index in [0.29, 0.717) is 5.82 Å². The normalized spacial score (nSPS) is 11.3. The number of nitrogens with zero attached hydrogens (tertiary/aromatic N) is 3. The Hall–Kier alpha value is -6.45. The fourth-order valence-corrected chi connectivity index (χ4v) is 6.68. The average molecular weight is 612 g/mol. The fraction of sp³-hybridized carbons (Fsp3) is 0. The minimum atomic E-state index is 0.706. The van der Waals surface area contributed by atoms with Crippen LogP contribution in [-0.2, 0) is 0 Å². The van der Waals surface area contributed by atoms with Gasteiger partial charge in [-0.15, -0.1) is 0 Å². The zero-order valence-electron chi connectivity index (χ0n) is 26.1. The summed E-state index contributed by atoms with van der Waals surface area (Å²) in [5.74, 6) is 0.706. The van der Waals surface area contributed by atoms with Gasteiger partial charge in [0.25, 0.3) is 0 Å². The van der Waals surface area contributed by atoms with Gasteiger partial charge in [-0.3, -0.25) is 4.98 Å². The summed E-state index contributed by atoms with van der Waals surface area (Å²) in [4.78, 5) is 14.4. The Morgan fingerprint density at radius 1 is 0.333 bits per heavy atom. The first-order chi connectivity index (χ1) is 23.8. The van der Waals surface area contributed by atoms with Crippen LogP contribution in [0.15, 0.2) is 176 Å². The van der Waals surface area contributed by atoms with Crippen LogP contribution in [0, 0.1) is 0 Å². The quantitative estimate of drug-likeness (QED) is 0.144. The summed E-state index contributed by atoms with van der Waals surface area (Å²) in [7, 11) is 0. The molecule has 0 aliphatic rings. The van der Waals surface area contributed by atoms with Gasteiger partial charge in [-0.1, -0.05) is 140 Å². The summed E-state index contributed by atoms with van der Waals surface area (Å²) in [5, 5.41) is 7.58. The number of fused-ring (bicyclic) bond motifs is 4. The number of rotatable bonds is 5. The van der Waals surface area contributed by atoms with Crippen LogP contribution >= 0.6 is 0 Å². The summed E-state index contributed by atoms with van der Waals surface area (Å²) in [6.45, 7) is 0. The summed E-state index contributed by atoms with van der Waals surface area (Å²) in [6.07, 6.45) is 3.68. The number of benzene rings is 7. The van der Waals surface area contributed by atoms with Crippen LogP contribution in [-0.4, -0.2) is 15.0 Å². The van der Waals surface area contributed by atoms with Gasteiger partial charge >= 0.3 is 0 Å². The van der Waals surface area contributed by atoms with Crippen molar-refractivity contribution in [2.45, 2.75) is 0 Å². The topological polar surface area (TPSA) is 38.7 Å². The molecule has 2 heterocycles. The van der Waals surface area contributed by atoms with Crippen LogP contribution in [0.3, 0.4) is 0 Å². The molecule has 48 heavy (non-hydrogen) atoms. The maximum absolute atomic E-state index is 5.06. The SMILES string of the molecule is c1ccc(-c2nc(-c3ccc(-c4cccnc4)cc3)cc(-c3ccc(-c4cccc5c4ccc4cc6ccccc6cc45)cc3)n2)cc1. The second kappa shape index (κ2) is 11.7. The molecule has 3 nitrogen and oxygen atoms in total. The Kier molecular flexibility index (Phi) is 6.80. The lowest BCUT2D eigenvalue weighted by Crippen LogP contribution is -1.96. The van der Waals surface area contributed by atoms with E-state index in [1.807, 2.05) is 30.5 Å². The van der Waals surface area contributed by atoms with Gasteiger partial charge in [-0.2, -0.15) is 0 Å². The van der Waals surface area contributed by atoms with E-state index in [2.05, 4.69) is 145 Å². The van der Waals surface area contributed by atoms with Crippen molar-refractivity contribution < 1.29 is 0 Å². The van der Waals surface area contributed by atoms with Gasteiger partial charge in [-0.05, 0) is 78.8 Å². The Balaban J connectivity index is 1.11. The van der Waals surface area contributed by atoms with E-state index in [4.69, 9.17) is 9.97 Å². The highest BCUT2D eigenvalue weighted by molar-refractivity contribution is 6.15.